The van der Waals surface area contributed by atoms with E-state index in [4.69, 9.17) is 32.7 Å². The Morgan fingerprint density at radius 1 is 1.14 bits per heavy atom. The summed E-state index contributed by atoms with van der Waals surface area (Å²) in [5, 5.41) is 10.6. The van der Waals surface area contributed by atoms with E-state index < -0.39 is 5.03 Å². The average molecular weight is 247 g/mol. The molecule has 0 atom stereocenters. The Morgan fingerprint density at radius 3 is 1.86 bits per heavy atom. The lowest BCUT2D eigenvalue weighted by Gasteiger charge is -2.13. The molecule has 0 saturated heterocycles. The fourth-order valence-corrected chi connectivity index (χ4v) is 0.799. The zero-order valence-corrected chi connectivity index (χ0v) is 9.04. The van der Waals surface area contributed by atoms with Gasteiger partial charge in [-0.15, -0.1) is 23.2 Å². The Hall–Kier alpha value is -0.300. The minimum Gasteiger partial charge on any atom is -0.354 e. The number of halogens is 2. The van der Waals surface area contributed by atoms with Crippen LogP contribution in [-0.2, 0) is 9.47 Å². The Labute approximate surface area is 91.8 Å². The van der Waals surface area contributed by atoms with Crippen LogP contribution in [0.25, 0.3) is 0 Å². The van der Waals surface area contributed by atoms with Crippen LogP contribution in [0.1, 0.15) is 0 Å². The fourth-order valence-electron chi connectivity index (χ4n) is 0.581. The molecule has 0 spiro atoms. The van der Waals surface area contributed by atoms with Crippen LogP contribution in [0.3, 0.4) is 0 Å². The predicted molar refractivity (Wildman–Crippen MR) is 51.9 cm³/mol. The number of ether oxygens (including phenoxy) is 2. The summed E-state index contributed by atoms with van der Waals surface area (Å²) < 4.78 is 9.75. The number of nitro groups is 1. The van der Waals surface area contributed by atoms with Crippen molar-refractivity contribution in [2.75, 3.05) is 38.4 Å². The van der Waals surface area contributed by atoms with E-state index in [1.807, 2.05) is 0 Å². The second kappa shape index (κ2) is 9.26. The lowest BCUT2D eigenvalue weighted by atomic mass is 10.8. The Bertz CT molecular complexity index is 151. The molecule has 0 radical (unpaired) electrons. The molecule has 14 heavy (non-hydrogen) atoms. The molecule has 0 bridgehead atoms. The molecule has 0 aromatic rings. The van der Waals surface area contributed by atoms with E-state index in [9.17, 15) is 10.1 Å². The molecule has 0 aromatic heterocycles. The maximum Gasteiger partial charge on any atom is 0.179 e. The molecule has 0 fully saturated rings. The van der Waals surface area contributed by atoms with Crippen molar-refractivity contribution < 1.29 is 14.5 Å². The van der Waals surface area contributed by atoms with Gasteiger partial charge in [0.25, 0.3) is 0 Å². The van der Waals surface area contributed by atoms with E-state index in [0.29, 0.717) is 11.8 Å². The number of hydrogen-bond donors (Lipinski definition) is 0. The van der Waals surface area contributed by atoms with Gasteiger partial charge in [-0.25, -0.2) is 10.1 Å². The van der Waals surface area contributed by atoms with E-state index in [0.717, 1.165) is 5.01 Å². The van der Waals surface area contributed by atoms with Gasteiger partial charge in [-0.1, -0.05) is 5.01 Å². The lowest BCUT2D eigenvalue weighted by Crippen LogP contribution is -2.35. The van der Waals surface area contributed by atoms with Crippen molar-refractivity contribution in [1.29, 1.82) is 0 Å². The summed E-state index contributed by atoms with van der Waals surface area (Å²) in [6, 6.07) is 0. The van der Waals surface area contributed by atoms with E-state index in [1.54, 1.807) is 0 Å². The fraction of sp³-hybridized carbons (Fsp3) is 1.00. The van der Waals surface area contributed by atoms with Gasteiger partial charge in [-0.05, 0) is 0 Å². The van der Waals surface area contributed by atoms with E-state index in [1.165, 1.54) is 0 Å². The monoisotopic (exact) mass is 246 g/mol. The predicted octanol–water partition coefficient (Wildman–Crippen LogP) is 0.906. The first-order chi connectivity index (χ1) is 6.72. The third-order valence-electron chi connectivity index (χ3n) is 1.15. The molecule has 6 nitrogen and oxygen atoms in total. The van der Waals surface area contributed by atoms with Gasteiger partial charge in [0.05, 0.1) is 13.2 Å². The molecule has 0 saturated carbocycles. The number of alkyl halides is 2. The second-order valence-electron chi connectivity index (χ2n) is 2.20. The zero-order valence-electron chi connectivity index (χ0n) is 7.53. The number of hydrazine groups is 1. The molecule has 0 aliphatic rings. The van der Waals surface area contributed by atoms with E-state index >= 15 is 0 Å². The summed E-state index contributed by atoms with van der Waals surface area (Å²) >= 11 is 10.7. The highest BCUT2D eigenvalue weighted by Gasteiger charge is 2.13. The summed E-state index contributed by atoms with van der Waals surface area (Å²) in [5.41, 5.74) is 0. The van der Waals surface area contributed by atoms with Gasteiger partial charge < -0.3 is 9.47 Å². The molecule has 0 heterocycles. The van der Waals surface area contributed by atoms with Crippen LogP contribution in [0.4, 0.5) is 0 Å². The number of hydrogen-bond acceptors (Lipinski definition) is 4. The van der Waals surface area contributed by atoms with Gasteiger partial charge in [-0.3, -0.25) is 0 Å². The summed E-state index contributed by atoms with van der Waals surface area (Å²) in [5.74, 6) is 0.599. The highest BCUT2D eigenvalue weighted by atomic mass is 35.5. The van der Waals surface area contributed by atoms with E-state index in [-0.39, 0.29) is 26.7 Å². The molecule has 0 amide bonds. The van der Waals surface area contributed by atoms with Gasteiger partial charge in [-0.2, -0.15) is 0 Å². The van der Waals surface area contributed by atoms with Crippen LogP contribution in [0, 0.1) is 10.1 Å². The van der Waals surface area contributed by atoms with Gasteiger partial charge in [0.2, 0.25) is 0 Å². The van der Waals surface area contributed by atoms with Crippen molar-refractivity contribution >= 4 is 23.2 Å². The van der Waals surface area contributed by atoms with Gasteiger partial charge in [0.15, 0.2) is 18.5 Å². The molecule has 0 aromatic carbocycles. The normalized spacial score (nSPS) is 10.1. The highest BCUT2D eigenvalue weighted by molar-refractivity contribution is 6.18. The van der Waals surface area contributed by atoms with Crippen LogP contribution >= 0.6 is 23.2 Å². The van der Waals surface area contributed by atoms with Crippen molar-refractivity contribution in [1.82, 2.24) is 5.01 Å². The SMILES string of the molecule is O=[N+]([O-])N(COCCCl)COCCCl. The summed E-state index contributed by atoms with van der Waals surface area (Å²) in [4.78, 5) is 10.4. The Kier molecular flexibility index (Phi) is 9.06. The van der Waals surface area contributed by atoms with Crippen LogP contribution in [0.5, 0.6) is 0 Å². The molecule has 0 aliphatic heterocycles. The third-order valence-corrected chi connectivity index (χ3v) is 1.46. The minimum absolute atomic E-state index is 0.151. The lowest BCUT2D eigenvalue weighted by molar-refractivity contribution is -0.672. The van der Waals surface area contributed by atoms with Gasteiger partial charge in [0.1, 0.15) is 0 Å². The van der Waals surface area contributed by atoms with Crippen LogP contribution in [0.2, 0.25) is 0 Å². The quantitative estimate of drug-likeness (QED) is 0.199. The molecule has 84 valence electrons. The average Bonchev–Trinajstić information content (AvgIpc) is 2.15. The zero-order chi connectivity index (χ0) is 10.8. The summed E-state index contributed by atoms with van der Waals surface area (Å²) in [6.45, 7) is 0.229. The van der Waals surface area contributed by atoms with Crippen LogP contribution in [-0.4, -0.2) is 48.5 Å². The molecule has 8 heteroatoms. The van der Waals surface area contributed by atoms with Crippen molar-refractivity contribution in [3.63, 3.8) is 0 Å². The van der Waals surface area contributed by atoms with Gasteiger partial charge in [0, 0.05) is 11.8 Å². The minimum atomic E-state index is -0.595. The first kappa shape index (κ1) is 13.7. The Balaban J connectivity index is 3.61. The smallest absolute Gasteiger partial charge is 0.179 e. The molecule has 0 rings (SSSR count). The second-order valence-corrected chi connectivity index (χ2v) is 2.95. The van der Waals surface area contributed by atoms with Crippen LogP contribution in [0.15, 0.2) is 0 Å². The largest absolute Gasteiger partial charge is 0.354 e. The topological polar surface area (TPSA) is 64.8 Å². The highest BCUT2D eigenvalue weighted by Crippen LogP contribution is 1.92. The van der Waals surface area contributed by atoms with Crippen LogP contribution < -0.4 is 0 Å². The molecule has 0 aliphatic carbocycles. The maximum absolute atomic E-state index is 10.4. The molecular weight excluding hydrogens is 235 g/mol. The van der Waals surface area contributed by atoms with Crippen molar-refractivity contribution in [2.24, 2.45) is 0 Å². The Morgan fingerprint density at radius 2 is 1.57 bits per heavy atom. The molecule has 0 unspecified atom stereocenters. The van der Waals surface area contributed by atoms with Crippen molar-refractivity contribution in [2.45, 2.75) is 0 Å². The molecule has 0 N–H and O–H groups in total. The maximum atomic E-state index is 10.4. The van der Waals surface area contributed by atoms with Gasteiger partial charge >= 0.3 is 0 Å². The van der Waals surface area contributed by atoms with Crippen molar-refractivity contribution in [3.05, 3.63) is 10.1 Å². The summed E-state index contributed by atoms with van der Waals surface area (Å²) in [6.07, 6.45) is 0. The number of rotatable bonds is 9. The van der Waals surface area contributed by atoms with E-state index in [2.05, 4.69) is 0 Å². The molecular formula is C6H12Cl2N2O4. The van der Waals surface area contributed by atoms with Crippen molar-refractivity contribution in [3.8, 4) is 0 Å². The standard InChI is InChI=1S/C6H12Cl2N2O4/c7-1-3-13-5-9(10(11)12)6-14-4-2-8/h1-6H2. The first-order valence-electron chi connectivity index (χ1n) is 3.89. The summed E-state index contributed by atoms with van der Waals surface area (Å²) in [7, 11) is 0. The first-order valence-corrected chi connectivity index (χ1v) is 4.96. The number of nitrogens with zero attached hydrogens (tertiary/aromatic N) is 2. The third kappa shape index (κ3) is 7.14.